The first-order valence-corrected chi connectivity index (χ1v) is 5.80. The predicted octanol–water partition coefficient (Wildman–Crippen LogP) is 0.867. The first kappa shape index (κ1) is 5.81. The van der Waals surface area contributed by atoms with E-state index in [1.54, 1.807) is 0 Å². The first-order chi connectivity index (χ1) is 2.00. The number of halogens is 2. The molecule has 0 unspecified atom stereocenters. The number of rotatable bonds is 0. The zero-order valence-electron chi connectivity index (χ0n) is 2.61. The summed E-state index contributed by atoms with van der Waals surface area (Å²) in [6.07, 6.45) is 1.06. The summed E-state index contributed by atoms with van der Waals surface area (Å²) in [6, 6.07) is 0. The van der Waals surface area contributed by atoms with Gasteiger partial charge in [-0.3, -0.25) is 0 Å². The summed E-state index contributed by atoms with van der Waals surface area (Å²) < 4.78 is 20.8. The second-order valence-corrected chi connectivity index (χ2v) is 7.34. The van der Waals surface area contributed by atoms with E-state index >= 15 is 0 Å². The van der Waals surface area contributed by atoms with Crippen LogP contribution in [0.2, 0.25) is 0 Å². The Hall–Kier alpha value is 0.810. The van der Waals surface area contributed by atoms with Crippen molar-refractivity contribution >= 4 is 28.7 Å². The van der Waals surface area contributed by atoms with Crippen LogP contribution in [-0.2, 0) is 7.49 Å². The fourth-order valence-electron chi connectivity index (χ4n) is 0. The van der Waals surface area contributed by atoms with E-state index < -0.39 is 7.49 Å². The monoisotopic (exact) mass is 210 g/mol. The molecule has 34 valence electrons. The smallest absolute Gasteiger partial charge is 0.0674 e. The van der Waals surface area contributed by atoms with Gasteiger partial charge in [-0.15, -0.1) is 0 Å². The maximum absolute atomic E-state index is 11.2. The summed E-state index contributed by atoms with van der Waals surface area (Å²) in [6.45, 7) is 0. The standard InChI is InChI=1S/CH4FIOS/c1-5(2,3)4/h5H,1H3. The summed E-state index contributed by atoms with van der Waals surface area (Å²) in [4.78, 5) is 0. The van der Waals surface area contributed by atoms with Crippen LogP contribution in [0.4, 0.5) is 3.89 Å². The predicted molar refractivity (Wildman–Crippen MR) is 30.6 cm³/mol. The Morgan fingerprint density at radius 3 is 2.00 bits per heavy atom. The average Bonchev–Trinajstić information content (AvgIpc) is 0.722. The van der Waals surface area contributed by atoms with E-state index in [0.29, 0.717) is 0 Å². The number of hydrogen-bond donors (Lipinski definition) is 1. The molecular formula is CH4FIOS. The van der Waals surface area contributed by atoms with Gasteiger partial charge in [0.15, 0.2) is 0 Å². The normalized spacial score (nSPS) is 15.0. The molecule has 1 nitrogen and oxygen atoms in total. The molecule has 0 bridgehead atoms. The molecule has 0 aromatic carbocycles. The third kappa shape index (κ3) is 57.9. The lowest BCUT2D eigenvalue weighted by Crippen LogP contribution is -1.79. The third-order valence-corrected chi connectivity index (χ3v) is 0. The van der Waals surface area contributed by atoms with E-state index in [-0.39, 0.29) is 0 Å². The van der Waals surface area contributed by atoms with Gasteiger partial charge in [0, 0.05) is 27.5 Å². The number of hydrogen-bond acceptors (Lipinski definition) is 1. The lowest BCUT2D eigenvalue weighted by molar-refractivity contribution is 0.652. The zero-order chi connectivity index (χ0) is 4.50. The van der Waals surface area contributed by atoms with Crippen molar-refractivity contribution in [3.63, 3.8) is 0 Å². The molecule has 0 atom stereocenters. The van der Waals surface area contributed by atoms with Crippen molar-refractivity contribution in [3.8, 4) is 0 Å². The maximum Gasteiger partial charge on any atom is 0.0674 e. The summed E-state index contributed by atoms with van der Waals surface area (Å²) in [7, 11) is -3.17. The molecular weight excluding hydrogens is 206 g/mol. The van der Waals surface area contributed by atoms with Crippen molar-refractivity contribution in [2.24, 2.45) is 0 Å². The van der Waals surface area contributed by atoms with Crippen LogP contribution in [0.5, 0.6) is 0 Å². The highest BCUT2D eigenvalue weighted by Crippen LogP contribution is 2.08. The van der Waals surface area contributed by atoms with Crippen molar-refractivity contribution in [1.29, 1.82) is 0 Å². The molecule has 0 aliphatic heterocycles. The SMILES string of the molecule is C[SH](=O)(F)I. The highest BCUT2D eigenvalue weighted by molar-refractivity contribution is 14.2. The average molecular weight is 210 g/mol. The lowest BCUT2D eigenvalue weighted by Gasteiger charge is -1.87. The van der Waals surface area contributed by atoms with Gasteiger partial charge in [-0.1, -0.05) is 0 Å². The van der Waals surface area contributed by atoms with Crippen molar-refractivity contribution < 1.29 is 8.09 Å². The van der Waals surface area contributed by atoms with E-state index in [0.717, 1.165) is 6.26 Å². The highest BCUT2D eigenvalue weighted by Gasteiger charge is 1.88. The van der Waals surface area contributed by atoms with Crippen LogP contribution in [0.15, 0.2) is 0 Å². The summed E-state index contributed by atoms with van der Waals surface area (Å²) in [5.41, 5.74) is 0. The first-order valence-electron chi connectivity index (χ1n) is 0.968. The Morgan fingerprint density at radius 2 is 2.00 bits per heavy atom. The van der Waals surface area contributed by atoms with E-state index in [1.165, 1.54) is 21.2 Å². The van der Waals surface area contributed by atoms with Crippen LogP contribution < -0.4 is 0 Å². The molecule has 0 rings (SSSR count). The van der Waals surface area contributed by atoms with Crippen LogP contribution >= 0.6 is 21.2 Å². The van der Waals surface area contributed by atoms with Gasteiger partial charge in [0.25, 0.3) is 0 Å². The van der Waals surface area contributed by atoms with Gasteiger partial charge in [-0.05, 0) is 0 Å². The molecule has 0 aliphatic rings. The van der Waals surface area contributed by atoms with Gasteiger partial charge in [0.05, 0.1) is 7.49 Å². The van der Waals surface area contributed by atoms with Crippen LogP contribution in [0.1, 0.15) is 0 Å². The fraction of sp³-hybridized carbons (Fsp3) is 1.00. The highest BCUT2D eigenvalue weighted by atomic mass is 127. The molecule has 0 aromatic rings. The molecule has 0 radical (unpaired) electrons. The summed E-state index contributed by atoms with van der Waals surface area (Å²) in [5, 5.41) is 0. The van der Waals surface area contributed by atoms with Crippen molar-refractivity contribution in [3.05, 3.63) is 0 Å². The molecule has 0 aliphatic carbocycles. The topological polar surface area (TPSA) is 17.1 Å². The molecule has 0 amide bonds. The van der Waals surface area contributed by atoms with Crippen molar-refractivity contribution in [2.45, 2.75) is 0 Å². The van der Waals surface area contributed by atoms with E-state index in [9.17, 15) is 8.09 Å². The van der Waals surface area contributed by atoms with Crippen LogP contribution in [-0.4, -0.2) is 10.5 Å². The Morgan fingerprint density at radius 1 is 2.00 bits per heavy atom. The minimum Gasteiger partial charge on any atom is -0.246 e. The molecule has 0 fully saturated rings. The zero-order valence-corrected chi connectivity index (χ0v) is 5.66. The molecule has 5 heavy (non-hydrogen) atoms. The van der Waals surface area contributed by atoms with Gasteiger partial charge in [0.2, 0.25) is 0 Å². The number of thiol groups is 1. The van der Waals surface area contributed by atoms with Crippen molar-refractivity contribution in [2.75, 3.05) is 6.26 Å². The molecule has 0 heterocycles. The van der Waals surface area contributed by atoms with Gasteiger partial charge < -0.3 is 0 Å². The van der Waals surface area contributed by atoms with E-state index in [1.807, 2.05) is 0 Å². The van der Waals surface area contributed by atoms with Gasteiger partial charge in [-0.2, -0.15) is 3.89 Å². The summed E-state index contributed by atoms with van der Waals surface area (Å²) >= 11 is 1.27. The minimum absolute atomic E-state index is 1.06. The van der Waals surface area contributed by atoms with Gasteiger partial charge in [-0.25, -0.2) is 4.21 Å². The molecule has 0 saturated carbocycles. The Balaban J connectivity index is 3.47. The second kappa shape index (κ2) is 1.51. The Bertz CT molecular complexity index is 57.8. The largest absolute Gasteiger partial charge is 0.246 e. The fourth-order valence-corrected chi connectivity index (χ4v) is 0. The van der Waals surface area contributed by atoms with Crippen LogP contribution in [0, 0.1) is 0 Å². The van der Waals surface area contributed by atoms with E-state index in [4.69, 9.17) is 0 Å². The molecule has 0 aromatic heterocycles. The van der Waals surface area contributed by atoms with Gasteiger partial charge in [0.1, 0.15) is 0 Å². The molecule has 0 spiro atoms. The second-order valence-electron chi connectivity index (χ2n) is 0.723. The summed E-state index contributed by atoms with van der Waals surface area (Å²) in [5.74, 6) is 0. The van der Waals surface area contributed by atoms with Gasteiger partial charge >= 0.3 is 0 Å². The Kier molecular flexibility index (Phi) is 1.75. The quantitative estimate of drug-likeness (QED) is 0.356. The maximum atomic E-state index is 11.2. The van der Waals surface area contributed by atoms with Crippen molar-refractivity contribution in [1.82, 2.24) is 0 Å². The third-order valence-electron chi connectivity index (χ3n) is 0. The molecule has 4 heteroatoms. The Labute approximate surface area is 43.3 Å². The lowest BCUT2D eigenvalue weighted by atomic mass is 12.0. The molecule has 0 saturated heterocycles. The van der Waals surface area contributed by atoms with Crippen LogP contribution in [0.25, 0.3) is 0 Å². The molecule has 0 N–H and O–H groups in total. The van der Waals surface area contributed by atoms with Crippen LogP contribution in [0.3, 0.4) is 0 Å². The van der Waals surface area contributed by atoms with E-state index in [2.05, 4.69) is 0 Å². The minimum atomic E-state index is -3.17.